The van der Waals surface area contributed by atoms with Crippen molar-refractivity contribution in [2.24, 2.45) is 40.4 Å². The van der Waals surface area contributed by atoms with Gasteiger partial charge in [-0.15, -0.1) is 0 Å². The Bertz CT molecular complexity index is 945. The van der Waals surface area contributed by atoms with Crippen LogP contribution in [0.4, 0.5) is 0 Å². The Morgan fingerprint density at radius 2 is 1.93 bits per heavy atom. The third-order valence-electron chi connectivity index (χ3n) is 8.48. The van der Waals surface area contributed by atoms with Crippen molar-refractivity contribution in [3.8, 4) is 0 Å². The van der Waals surface area contributed by atoms with Crippen LogP contribution in [-0.2, 0) is 19.1 Å². The van der Waals surface area contributed by atoms with Gasteiger partial charge in [-0.25, -0.2) is 4.18 Å². The first-order valence-electron chi connectivity index (χ1n) is 10.8. The largest absolute Gasteiger partial charge is 0.356 e. The Morgan fingerprint density at radius 1 is 1.23 bits per heavy atom. The molecule has 0 heterocycles. The molecule has 0 amide bonds. The normalized spacial score (nSPS) is 42.9. The molecule has 0 aromatic rings. The summed E-state index contributed by atoms with van der Waals surface area (Å²) in [5.74, 6) is -3.90. The molecule has 0 aliphatic heterocycles. The lowest BCUT2D eigenvalue weighted by atomic mass is 9.49. The molecule has 6 nitrogen and oxygen atoms in total. The Kier molecular flexibility index (Phi) is 5.01. The van der Waals surface area contributed by atoms with Gasteiger partial charge < -0.3 is 10.2 Å². The summed E-state index contributed by atoms with van der Waals surface area (Å²) in [5.41, 5.74) is 0.923. The number of hydrogen-bond donors (Lipinski definition) is 2. The number of Topliss-reactive ketones (excluding diaryl/α,β-unsaturated/α-hetero) is 1. The van der Waals surface area contributed by atoms with E-state index in [0.29, 0.717) is 18.1 Å². The molecular weight excluding hydrogens is 404 g/mol. The van der Waals surface area contributed by atoms with Gasteiger partial charge in [0.2, 0.25) is 5.78 Å². The number of aliphatic hydroxyl groups is 2. The molecule has 2 saturated carbocycles. The van der Waals surface area contributed by atoms with E-state index in [1.54, 1.807) is 0 Å². The van der Waals surface area contributed by atoms with Gasteiger partial charge in [-0.05, 0) is 60.3 Å². The molecule has 4 rings (SSSR count). The van der Waals surface area contributed by atoms with Crippen molar-refractivity contribution in [1.82, 2.24) is 0 Å². The highest BCUT2D eigenvalue weighted by atomic mass is 32.2. The summed E-state index contributed by atoms with van der Waals surface area (Å²) in [6.07, 6.45) is 15.2. The fourth-order valence-corrected chi connectivity index (χ4v) is 7.82. The van der Waals surface area contributed by atoms with Crippen molar-refractivity contribution < 1.29 is 27.6 Å². The molecule has 0 radical (unpaired) electrons. The summed E-state index contributed by atoms with van der Waals surface area (Å²) in [5, 5.41) is 20.4. The molecule has 4 aliphatic rings. The van der Waals surface area contributed by atoms with Crippen LogP contribution in [0.1, 0.15) is 46.5 Å². The zero-order valence-electron chi connectivity index (χ0n) is 18.0. The first-order valence-corrected chi connectivity index (χ1v) is 12.6. The number of allylic oxidation sites excluding steroid dienone is 6. The van der Waals surface area contributed by atoms with E-state index >= 15 is 0 Å². The third-order valence-corrected chi connectivity index (χ3v) is 9.02. The zero-order chi connectivity index (χ0) is 22.1. The molecule has 2 N–H and O–H groups in total. The van der Waals surface area contributed by atoms with E-state index in [0.717, 1.165) is 25.7 Å². The Hall–Kier alpha value is -1.28. The van der Waals surface area contributed by atoms with E-state index in [1.165, 1.54) is 5.57 Å². The van der Waals surface area contributed by atoms with Crippen LogP contribution in [0, 0.1) is 40.4 Å². The number of ketones is 1. The van der Waals surface area contributed by atoms with Gasteiger partial charge in [-0.1, -0.05) is 51.2 Å². The predicted molar refractivity (Wildman–Crippen MR) is 112 cm³/mol. The van der Waals surface area contributed by atoms with Crippen molar-refractivity contribution in [2.45, 2.75) is 52.4 Å². The molecular formula is C23H32O6S. The van der Waals surface area contributed by atoms with E-state index in [1.807, 2.05) is 6.92 Å². The number of hydrogen-bond acceptors (Lipinski definition) is 6. The second-order valence-corrected chi connectivity index (χ2v) is 11.8. The summed E-state index contributed by atoms with van der Waals surface area (Å²) in [7, 11) is -4.21. The van der Waals surface area contributed by atoms with Crippen LogP contribution in [0.2, 0.25) is 0 Å². The van der Waals surface area contributed by atoms with Gasteiger partial charge in [0, 0.05) is 11.3 Å². The lowest BCUT2D eigenvalue weighted by Gasteiger charge is -2.55. The van der Waals surface area contributed by atoms with Crippen LogP contribution in [-0.4, -0.2) is 36.6 Å². The number of carbonyl (C=O) groups excluding carboxylic acids is 1. The molecule has 166 valence electrons. The van der Waals surface area contributed by atoms with Gasteiger partial charge in [0.15, 0.2) is 0 Å². The first-order chi connectivity index (χ1) is 13.8. The Labute approximate surface area is 178 Å². The van der Waals surface area contributed by atoms with Crippen LogP contribution < -0.4 is 0 Å². The molecule has 0 aromatic carbocycles. The van der Waals surface area contributed by atoms with Crippen molar-refractivity contribution in [2.75, 3.05) is 6.26 Å². The van der Waals surface area contributed by atoms with Crippen molar-refractivity contribution in [3.63, 3.8) is 0 Å². The molecule has 7 heteroatoms. The monoisotopic (exact) mass is 436 g/mol. The van der Waals surface area contributed by atoms with E-state index in [-0.39, 0.29) is 17.3 Å². The third kappa shape index (κ3) is 3.25. The number of carbonyl (C=O) groups is 1. The SMILES string of the molecule is CC1C[C@H]2[C@@H]3CC=C4C=CC=C[C@]4(C)[C@H]3CC[C@]2(C)[C@H]1C(=O)C(O)(O)OS(C)(=O)=O. The lowest BCUT2D eigenvalue weighted by molar-refractivity contribution is -0.274. The molecule has 7 atom stereocenters. The average molecular weight is 437 g/mol. The van der Waals surface area contributed by atoms with Crippen LogP contribution in [0.5, 0.6) is 0 Å². The zero-order valence-corrected chi connectivity index (χ0v) is 18.9. The molecule has 4 aliphatic carbocycles. The Balaban J connectivity index is 1.66. The predicted octanol–water partition coefficient (Wildman–Crippen LogP) is 2.94. The lowest BCUT2D eigenvalue weighted by Crippen LogP contribution is -2.54. The number of rotatable bonds is 4. The maximum Gasteiger partial charge on any atom is 0.356 e. The first kappa shape index (κ1) is 21.9. The minimum atomic E-state index is -4.21. The maximum absolute atomic E-state index is 13.1. The second kappa shape index (κ2) is 6.86. The van der Waals surface area contributed by atoms with Crippen molar-refractivity contribution in [1.29, 1.82) is 0 Å². The molecule has 1 unspecified atom stereocenters. The van der Waals surface area contributed by atoms with E-state index in [2.05, 4.69) is 48.4 Å². The van der Waals surface area contributed by atoms with E-state index < -0.39 is 33.2 Å². The van der Waals surface area contributed by atoms with Crippen LogP contribution in [0.25, 0.3) is 0 Å². The summed E-state index contributed by atoms with van der Waals surface area (Å²) >= 11 is 0. The summed E-state index contributed by atoms with van der Waals surface area (Å²) in [6.45, 7) is 6.31. The summed E-state index contributed by atoms with van der Waals surface area (Å²) in [4.78, 5) is 13.1. The van der Waals surface area contributed by atoms with Crippen LogP contribution in [0.15, 0.2) is 36.0 Å². The van der Waals surface area contributed by atoms with Crippen molar-refractivity contribution >= 4 is 15.9 Å². The molecule has 2 fully saturated rings. The molecule has 30 heavy (non-hydrogen) atoms. The quantitative estimate of drug-likeness (QED) is 0.519. The average Bonchev–Trinajstić information content (AvgIpc) is 2.88. The second-order valence-electron chi connectivity index (χ2n) is 10.3. The van der Waals surface area contributed by atoms with E-state index in [9.17, 15) is 23.4 Å². The van der Waals surface area contributed by atoms with Crippen LogP contribution >= 0.6 is 0 Å². The molecule has 0 spiro atoms. The topological polar surface area (TPSA) is 101 Å². The highest BCUT2D eigenvalue weighted by Gasteiger charge is 2.63. The summed E-state index contributed by atoms with van der Waals surface area (Å²) in [6, 6.07) is 0. The van der Waals surface area contributed by atoms with Crippen LogP contribution in [0.3, 0.4) is 0 Å². The standard InChI is InChI=1S/C23H32O6S/c1-14-13-18-16-9-8-15-7-5-6-11-21(15,2)17(16)10-12-22(18,3)19(14)20(24)23(25,26)29-30(4,27)28/h5-8,11,14,16-19,25-26H,9-10,12-13H2,1-4H3/t14?,16-,17+,18+,19-,21+,22+/m1/s1. The van der Waals surface area contributed by atoms with Gasteiger partial charge in [0.1, 0.15) is 0 Å². The smallest absolute Gasteiger partial charge is 0.336 e. The minimum absolute atomic E-state index is 0.0125. The fraction of sp³-hybridized carbons (Fsp3) is 0.696. The maximum atomic E-state index is 13.1. The number of fused-ring (bicyclic) bond motifs is 5. The van der Waals surface area contributed by atoms with Gasteiger partial charge in [0.05, 0.1) is 6.26 Å². The van der Waals surface area contributed by atoms with Gasteiger partial charge in [0.25, 0.3) is 10.1 Å². The molecule has 0 saturated heterocycles. The highest BCUT2D eigenvalue weighted by Crippen LogP contribution is 2.66. The minimum Gasteiger partial charge on any atom is -0.336 e. The van der Waals surface area contributed by atoms with Gasteiger partial charge in [-0.2, -0.15) is 8.42 Å². The molecule has 0 bridgehead atoms. The van der Waals surface area contributed by atoms with Gasteiger partial charge in [-0.3, -0.25) is 4.79 Å². The van der Waals surface area contributed by atoms with Crippen molar-refractivity contribution in [3.05, 3.63) is 36.0 Å². The summed E-state index contributed by atoms with van der Waals surface area (Å²) < 4.78 is 27.3. The highest BCUT2D eigenvalue weighted by molar-refractivity contribution is 7.86. The Morgan fingerprint density at radius 3 is 2.60 bits per heavy atom. The fourth-order valence-electron chi connectivity index (χ4n) is 7.32. The molecule has 0 aromatic heterocycles. The van der Waals surface area contributed by atoms with Gasteiger partial charge >= 0.3 is 5.97 Å². The van der Waals surface area contributed by atoms with E-state index in [4.69, 9.17) is 0 Å².